The first-order valence-corrected chi connectivity index (χ1v) is 7.92. The van der Waals surface area contributed by atoms with Crippen molar-refractivity contribution in [3.05, 3.63) is 34.9 Å². The summed E-state index contributed by atoms with van der Waals surface area (Å²) in [5.74, 6) is 0.450. The van der Waals surface area contributed by atoms with Gasteiger partial charge in [-0.2, -0.15) is 0 Å². The van der Waals surface area contributed by atoms with Gasteiger partial charge in [0.25, 0.3) is 0 Å². The van der Waals surface area contributed by atoms with Crippen molar-refractivity contribution in [1.29, 1.82) is 0 Å². The van der Waals surface area contributed by atoms with Crippen LogP contribution in [0.5, 0.6) is 0 Å². The van der Waals surface area contributed by atoms with E-state index in [0.29, 0.717) is 18.9 Å². The van der Waals surface area contributed by atoms with Crippen molar-refractivity contribution < 1.29 is 14.6 Å². The molecule has 22 heavy (non-hydrogen) atoms. The molecule has 1 aromatic rings. The second-order valence-corrected chi connectivity index (χ2v) is 6.14. The molecular weight excluding hydrogens is 304 g/mol. The number of aliphatic hydroxyl groups is 1. The fourth-order valence-electron chi connectivity index (χ4n) is 2.65. The SMILES string of the molecule is COCCC(CO)NC(=O)NC1CC(c2cccc(Cl)c2)C1. The Kier molecular flexibility index (Phi) is 6.49. The predicted molar refractivity (Wildman–Crippen MR) is 86.2 cm³/mol. The second-order valence-electron chi connectivity index (χ2n) is 5.70. The van der Waals surface area contributed by atoms with Crippen molar-refractivity contribution in [2.45, 2.75) is 37.3 Å². The highest BCUT2D eigenvalue weighted by atomic mass is 35.5. The van der Waals surface area contributed by atoms with Gasteiger partial charge in [-0.3, -0.25) is 0 Å². The molecule has 2 rings (SSSR count). The van der Waals surface area contributed by atoms with Crippen molar-refractivity contribution in [1.82, 2.24) is 10.6 Å². The number of hydrogen-bond donors (Lipinski definition) is 3. The third kappa shape index (κ3) is 4.87. The first-order valence-electron chi connectivity index (χ1n) is 7.54. The molecule has 0 heterocycles. The summed E-state index contributed by atoms with van der Waals surface area (Å²) in [6, 6.07) is 7.53. The normalized spacial score (nSPS) is 21.8. The zero-order valence-corrected chi connectivity index (χ0v) is 13.5. The van der Waals surface area contributed by atoms with Gasteiger partial charge >= 0.3 is 6.03 Å². The molecule has 0 aromatic heterocycles. The number of aliphatic hydroxyl groups excluding tert-OH is 1. The fraction of sp³-hybridized carbons (Fsp3) is 0.562. The highest BCUT2D eigenvalue weighted by Gasteiger charge is 2.31. The van der Waals surface area contributed by atoms with Gasteiger partial charge in [-0.1, -0.05) is 23.7 Å². The number of benzene rings is 1. The Morgan fingerprint density at radius 1 is 1.50 bits per heavy atom. The lowest BCUT2D eigenvalue weighted by molar-refractivity contribution is 0.157. The molecule has 1 saturated carbocycles. The van der Waals surface area contributed by atoms with E-state index in [9.17, 15) is 9.90 Å². The average molecular weight is 327 g/mol. The van der Waals surface area contributed by atoms with Crippen LogP contribution in [0.3, 0.4) is 0 Å². The predicted octanol–water partition coefficient (Wildman–Crippen LogP) is 2.28. The molecule has 1 aliphatic rings. The molecule has 5 nitrogen and oxygen atoms in total. The molecule has 3 N–H and O–H groups in total. The van der Waals surface area contributed by atoms with Crippen LogP contribution in [0.2, 0.25) is 5.02 Å². The molecule has 1 atom stereocenters. The minimum atomic E-state index is -0.274. The topological polar surface area (TPSA) is 70.6 Å². The van der Waals surface area contributed by atoms with Crippen molar-refractivity contribution >= 4 is 17.6 Å². The smallest absolute Gasteiger partial charge is 0.315 e. The molecule has 2 amide bonds. The third-order valence-corrected chi connectivity index (χ3v) is 4.25. The summed E-state index contributed by atoms with van der Waals surface area (Å²) in [5.41, 5.74) is 1.22. The van der Waals surface area contributed by atoms with Crippen molar-refractivity contribution in [2.24, 2.45) is 0 Å². The lowest BCUT2D eigenvalue weighted by Gasteiger charge is -2.36. The maximum Gasteiger partial charge on any atom is 0.315 e. The van der Waals surface area contributed by atoms with E-state index in [1.165, 1.54) is 5.56 Å². The molecule has 0 saturated heterocycles. The van der Waals surface area contributed by atoms with Crippen LogP contribution >= 0.6 is 11.6 Å². The van der Waals surface area contributed by atoms with Crippen molar-refractivity contribution in [3.8, 4) is 0 Å². The Morgan fingerprint density at radius 2 is 2.27 bits per heavy atom. The number of urea groups is 1. The number of carbonyl (C=O) groups excluding carboxylic acids is 1. The summed E-state index contributed by atoms with van der Waals surface area (Å²) in [5, 5.41) is 15.7. The standard InChI is InChI=1S/C16H23ClN2O3/c1-22-6-5-14(10-20)18-16(21)19-15-8-12(9-15)11-3-2-4-13(17)7-11/h2-4,7,12,14-15,20H,5-6,8-10H2,1H3,(H2,18,19,21). The van der Waals surface area contributed by atoms with E-state index in [4.69, 9.17) is 16.3 Å². The van der Waals surface area contributed by atoms with Crippen molar-refractivity contribution in [2.75, 3.05) is 20.3 Å². The van der Waals surface area contributed by atoms with Gasteiger partial charge in [0.1, 0.15) is 0 Å². The van der Waals surface area contributed by atoms with Gasteiger partial charge < -0.3 is 20.5 Å². The van der Waals surface area contributed by atoms with Gasteiger partial charge in [0, 0.05) is 24.8 Å². The Hall–Kier alpha value is -1.30. The van der Waals surface area contributed by atoms with Gasteiger partial charge in [0.05, 0.1) is 12.6 Å². The molecule has 1 aliphatic carbocycles. The van der Waals surface area contributed by atoms with Crippen LogP contribution in [0, 0.1) is 0 Å². The number of rotatable bonds is 7. The zero-order valence-electron chi connectivity index (χ0n) is 12.7. The van der Waals surface area contributed by atoms with Crippen LogP contribution in [0.1, 0.15) is 30.7 Å². The van der Waals surface area contributed by atoms with Gasteiger partial charge in [-0.05, 0) is 42.9 Å². The number of halogens is 1. The zero-order chi connectivity index (χ0) is 15.9. The molecule has 1 aromatic carbocycles. The van der Waals surface area contributed by atoms with Gasteiger partial charge in [0.2, 0.25) is 0 Å². The first-order chi connectivity index (χ1) is 10.6. The Balaban J connectivity index is 1.71. The van der Waals surface area contributed by atoms with Crippen LogP contribution in [0.25, 0.3) is 0 Å². The Morgan fingerprint density at radius 3 is 2.91 bits per heavy atom. The molecule has 6 heteroatoms. The monoisotopic (exact) mass is 326 g/mol. The summed E-state index contributed by atoms with van der Waals surface area (Å²) in [6.45, 7) is 0.415. The fourth-order valence-corrected chi connectivity index (χ4v) is 2.85. The lowest BCUT2D eigenvalue weighted by Crippen LogP contribution is -2.51. The molecule has 0 spiro atoms. The molecule has 122 valence electrons. The van der Waals surface area contributed by atoms with Gasteiger partial charge in [-0.15, -0.1) is 0 Å². The van der Waals surface area contributed by atoms with E-state index in [-0.39, 0.29) is 24.7 Å². The highest BCUT2D eigenvalue weighted by molar-refractivity contribution is 6.30. The summed E-state index contributed by atoms with van der Waals surface area (Å²) in [4.78, 5) is 11.9. The average Bonchev–Trinajstić information content (AvgIpc) is 2.46. The van der Waals surface area contributed by atoms with E-state index in [1.807, 2.05) is 18.2 Å². The van der Waals surface area contributed by atoms with E-state index in [0.717, 1.165) is 17.9 Å². The van der Waals surface area contributed by atoms with E-state index < -0.39 is 0 Å². The summed E-state index contributed by atoms with van der Waals surface area (Å²) < 4.78 is 4.95. The Bertz CT molecular complexity index is 492. The maximum atomic E-state index is 11.9. The quantitative estimate of drug-likeness (QED) is 0.720. The molecular formula is C16H23ClN2O3. The number of nitrogens with one attached hydrogen (secondary N) is 2. The summed E-state index contributed by atoms with van der Waals surface area (Å²) in [6.07, 6.45) is 2.42. The number of ether oxygens (including phenoxy) is 1. The van der Waals surface area contributed by atoms with Crippen LogP contribution in [0.4, 0.5) is 4.79 Å². The van der Waals surface area contributed by atoms with Crippen LogP contribution in [-0.4, -0.2) is 43.5 Å². The van der Waals surface area contributed by atoms with Crippen LogP contribution in [0.15, 0.2) is 24.3 Å². The largest absolute Gasteiger partial charge is 0.394 e. The maximum absolute atomic E-state index is 11.9. The minimum absolute atomic E-state index is 0.0907. The molecule has 1 unspecified atom stereocenters. The first kappa shape index (κ1) is 17.1. The lowest BCUT2D eigenvalue weighted by atomic mass is 9.76. The number of methoxy groups -OCH3 is 1. The highest BCUT2D eigenvalue weighted by Crippen LogP contribution is 2.37. The van der Waals surface area contributed by atoms with E-state index in [1.54, 1.807) is 7.11 Å². The summed E-state index contributed by atoms with van der Waals surface area (Å²) in [7, 11) is 1.60. The minimum Gasteiger partial charge on any atom is -0.394 e. The number of hydrogen-bond acceptors (Lipinski definition) is 3. The Labute approximate surface area is 136 Å². The van der Waals surface area contributed by atoms with E-state index >= 15 is 0 Å². The molecule has 0 bridgehead atoms. The van der Waals surface area contributed by atoms with Gasteiger partial charge in [-0.25, -0.2) is 4.79 Å². The molecule has 0 aliphatic heterocycles. The molecule has 1 fully saturated rings. The van der Waals surface area contributed by atoms with Crippen LogP contribution in [-0.2, 0) is 4.74 Å². The third-order valence-electron chi connectivity index (χ3n) is 4.02. The summed E-state index contributed by atoms with van der Waals surface area (Å²) >= 11 is 5.99. The second kappa shape index (κ2) is 8.36. The van der Waals surface area contributed by atoms with E-state index in [2.05, 4.69) is 16.7 Å². The number of carbonyl (C=O) groups is 1. The molecule has 0 radical (unpaired) electrons. The van der Waals surface area contributed by atoms with Crippen molar-refractivity contribution in [3.63, 3.8) is 0 Å². The number of amides is 2. The van der Waals surface area contributed by atoms with Crippen LogP contribution < -0.4 is 10.6 Å². The van der Waals surface area contributed by atoms with Gasteiger partial charge in [0.15, 0.2) is 0 Å².